The van der Waals surface area contributed by atoms with Gasteiger partial charge in [-0.15, -0.1) is 0 Å². The predicted octanol–water partition coefficient (Wildman–Crippen LogP) is 3.87. The number of fused-ring (bicyclic) bond motifs is 3. The highest BCUT2D eigenvalue weighted by molar-refractivity contribution is 6.33. The van der Waals surface area contributed by atoms with E-state index in [-0.39, 0.29) is 23.7 Å². The van der Waals surface area contributed by atoms with E-state index in [1.807, 2.05) is 48.2 Å². The van der Waals surface area contributed by atoms with Crippen molar-refractivity contribution in [3.8, 4) is 0 Å². The number of rotatable bonds is 7. The number of urea groups is 1. The number of aryl methyl sites for hydroxylation is 1. The molecular formula is C37H48ClN9O3. The maximum Gasteiger partial charge on any atom is 0.326 e. The number of nitrogens with one attached hydrogen (secondary N) is 2. The molecule has 7 rings (SSSR count). The Balaban J connectivity index is 1.04. The molecule has 0 aliphatic carbocycles. The highest BCUT2D eigenvalue weighted by atomic mass is 35.5. The summed E-state index contributed by atoms with van der Waals surface area (Å²) in [6.07, 6.45) is 5.86. The smallest absolute Gasteiger partial charge is 0.326 e. The van der Waals surface area contributed by atoms with Crippen LogP contribution in [0.1, 0.15) is 49.8 Å². The molecule has 50 heavy (non-hydrogen) atoms. The SMILES string of the molecule is CCc1cc(C[C@@H](NC(=O)N2CCC(n3c(=O)[nH]c4c5ccccc5ncc43)CC2)C(=O)N2CCC(N3CCN(C)CC3)CC2)cc(Cl)c1N. The molecule has 266 valence electrons. The van der Waals surface area contributed by atoms with Crippen molar-refractivity contribution < 1.29 is 9.59 Å². The number of carbonyl (C=O) groups excluding carboxylic acids is 2. The number of anilines is 1. The molecule has 0 radical (unpaired) electrons. The summed E-state index contributed by atoms with van der Waals surface area (Å²) in [6, 6.07) is 10.9. The Kier molecular flexibility index (Phi) is 10.0. The molecule has 4 N–H and O–H groups in total. The first-order valence-corrected chi connectivity index (χ1v) is 18.4. The van der Waals surface area contributed by atoms with Gasteiger partial charge in [-0.05, 0) is 62.4 Å². The predicted molar refractivity (Wildman–Crippen MR) is 198 cm³/mol. The molecule has 0 unspecified atom stereocenters. The van der Waals surface area contributed by atoms with Crippen LogP contribution >= 0.6 is 11.6 Å². The van der Waals surface area contributed by atoms with Gasteiger partial charge < -0.3 is 30.7 Å². The van der Waals surface area contributed by atoms with Gasteiger partial charge in [-0.3, -0.25) is 19.2 Å². The molecule has 3 aliphatic heterocycles. The number of benzene rings is 2. The molecule has 0 spiro atoms. The summed E-state index contributed by atoms with van der Waals surface area (Å²) in [5.74, 6) is -0.0684. The van der Waals surface area contributed by atoms with E-state index in [4.69, 9.17) is 17.3 Å². The summed E-state index contributed by atoms with van der Waals surface area (Å²) < 4.78 is 1.79. The number of halogens is 1. The summed E-state index contributed by atoms with van der Waals surface area (Å²) in [4.78, 5) is 57.4. The van der Waals surface area contributed by atoms with Gasteiger partial charge in [0, 0.05) is 76.2 Å². The number of amides is 3. The van der Waals surface area contributed by atoms with Crippen molar-refractivity contribution in [1.82, 2.24) is 39.5 Å². The fourth-order valence-electron chi connectivity index (χ4n) is 8.09. The van der Waals surface area contributed by atoms with E-state index in [0.717, 1.165) is 72.1 Å². The van der Waals surface area contributed by atoms with Crippen LogP contribution in [0.4, 0.5) is 10.5 Å². The van der Waals surface area contributed by atoms with Crippen molar-refractivity contribution in [1.29, 1.82) is 0 Å². The first-order valence-electron chi connectivity index (χ1n) is 18.0. The molecule has 4 aromatic rings. The summed E-state index contributed by atoms with van der Waals surface area (Å²) in [5.41, 5.74) is 10.8. The Morgan fingerprint density at radius 1 is 0.980 bits per heavy atom. The minimum Gasteiger partial charge on any atom is -0.397 e. The van der Waals surface area contributed by atoms with Gasteiger partial charge in [-0.1, -0.05) is 42.8 Å². The fourth-order valence-corrected chi connectivity index (χ4v) is 8.36. The van der Waals surface area contributed by atoms with Crippen LogP contribution in [0.25, 0.3) is 21.9 Å². The lowest BCUT2D eigenvalue weighted by molar-refractivity contribution is -0.135. The van der Waals surface area contributed by atoms with Crippen LogP contribution in [0.3, 0.4) is 0 Å². The second-order valence-corrected chi connectivity index (χ2v) is 14.6. The number of pyridine rings is 1. The van der Waals surface area contributed by atoms with Gasteiger partial charge in [-0.25, -0.2) is 9.59 Å². The van der Waals surface area contributed by atoms with E-state index in [1.54, 1.807) is 15.7 Å². The Bertz CT molecular complexity index is 1920. The number of hydrogen-bond donors (Lipinski definition) is 3. The molecular weight excluding hydrogens is 654 g/mol. The van der Waals surface area contributed by atoms with E-state index in [2.05, 4.69) is 32.1 Å². The topological polar surface area (TPSA) is 136 Å². The zero-order chi connectivity index (χ0) is 34.9. The van der Waals surface area contributed by atoms with Crippen LogP contribution in [-0.2, 0) is 17.6 Å². The molecule has 0 bridgehead atoms. The Labute approximate surface area is 297 Å². The number of hydrogen-bond acceptors (Lipinski definition) is 7. The molecule has 3 saturated heterocycles. The number of para-hydroxylation sites is 1. The molecule has 3 aliphatic rings. The summed E-state index contributed by atoms with van der Waals surface area (Å²) >= 11 is 6.51. The standard InChI is InChI=1S/C37H48ClN9O3/c1-3-25-20-24(21-29(38)33(25)39)22-31(35(48)45-12-8-26(9-13-45)44-18-16-43(2)17-19-44)41-36(49)46-14-10-27(11-15-46)47-32-23-40-30-7-5-4-6-28(30)34(32)42-37(47)50/h4-7,20-21,23,26-27,31H,3,8-19,22,39H2,1-2H3,(H,41,49)(H,42,50)/t31-/m1/s1. The molecule has 2 aromatic heterocycles. The lowest BCUT2D eigenvalue weighted by Gasteiger charge is -2.42. The van der Waals surface area contributed by atoms with Gasteiger partial charge in [0.25, 0.3) is 0 Å². The lowest BCUT2D eigenvalue weighted by atomic mass is 9.98. The number of aromatic nitrogens is 3. The number of H-pyrrole nitrogens is 1. The second-order valence-electron chi connectivity index (χ2n) is 14.2. The van der Waals surface area contributed by atoms with Crippen LogP contribution in [0.5, 0.6) is 0 Å². The molecule has 12 nitrogen and oxygen atoms in total. The molecule has 0 saturated carbocycles. The lowest BCUT2D eigenvalue weighted by Crippen LogP contribution is -2.57. The van der Waals surface area contributed by atoms with Crippen LogP contribution < -0.4 is 16.7 Å². The first kappa shape index (κ1) is 34.3. The molecule has 3 amide bonds. The maximum atomic E-state index is 14.2. The molecule has 2 aromatic carbocycles. The van der Waals surface area contributed by atoms with Crippen molar-refractivity contribution in [2.24, 2.45) is 0 Å². The highest BCUT2D eigenvalue weighted by Gasteiger charge is 2.34. The molecule has 5 heterocycles. The van der Waals surface area contributed by atoms with Gasteiger partial charge in [0.1, 0.15) is 6.04 Å². The normalized spacial score (nSPS) is 19.3. The zero-order valence-corrected chi connectivity index (χ0v) is 29.8. The van der Waals surface area contributed by atoms with Crippen molar-refractivity contribution in [3.63, 3.8) is 0 Å². The van der Waals surface area contributed by atoms with Crippen LogP contribution in [0.2, 0.25) is 5.02 Å². The van der Waals surface area contributed by atoms with Gasteiger partial charge in [0.05, 0.1) is 33.5 Å². The monoisotopic (exact) mass is 701 g/mol. The Hall–Kier alpha value is -4.13. The largest absolute Gasteiger partial charge is 0.397 e. The third-order valence-corrected chi connectivity index (χ3v) is 11.4. The number of likely N-dealkylation sites (N-methyl/N-ethyl adjacent to an activating group) is 1. The molecule has 1 atom stereocenters. The van der Waals surface area contributed by atoms with Crippen molar-refractivity contribution in [2.75, 3.05) is 65.1 Å². The number of imidazole rings is 1. The quantitative estimate of drug-likeness (QED) is 0.249. The number of piperidine rings is 2. The number of carbonyl (C=O) groups is 2. The van der Waals surface area contributed by atoms with E-state index in [0.29, 0.717) is 68.6 Å². The average molecular weight is 702 g/mol. The molecule has 13 heteroatoms. The van der Waals surface area contributed by atoms with E-state index in [1.165, 1.54) is 0 Å². The first-order chi connectivity index (χ1) is 24.2. The van der Waals surface area contributed by atoms with E-state index in [9.17, 15) is 14.4 Å². The Morgan fingerprint density at radius 2 is 1.66 bits per heavy atom. The van der Waals surface area contributed by atoms with Crippen LogP contribution in [0.15, 0.2) is 47.4 Å². The summed E-state index contributed by atoms with van der Waals surface area (Å²) in [7, 11) is 2.16. The van der Waals surface area contributed by atoms with Crippen molar-refractivity contribution in [3.05, 3.63) is 69.2 Å². The fraction of sp³-hybridized carbons (Fsp3) is 0.514. The zero-order valence-electron chi connectivity index (χ0n) is 29.0. The summed E-state index contributed by atoms with van der Waals surface area (Å²) in [6.45, 7) is 8.54. The number of nitrogen functional groups attached to an aromatic ring is 1. The van der Waals surface area contributed by atoms with Crippen molar-refractivity contribution in [2.45, 2.75) is 63.6 Å². The van der Waals surface area contributed by atoms with Gasteiger partial charge in [-0.2, -0.15) is 0 Å². The second kappa shape index (κ2) is 14.6. The maximum absolute atomic E-state index is 14.2. The number of likely N-dealkylation sites (tertiary alicyclic amines) is 2. The molecule has 3 fully saturated rings. The third-order valence-electron chi connectivity index (χ3n) is 11.1. The third kappa shape index (κ3) is 6.93. The number of aromatic amines is 1. The number of nitrogens with two attached hydrogens (primary N) is 1. The highest BCUT2D eigenvalue weighted by Crippen LogP contribution is 2.29. The number of nitrogens with zero attached hydrogens (tertiary/aromatic N) is 6. The van der Waals surface area contributed by atoms with Crippen LogP contribution in [-0.4, -0.2) is 118 Å². The summed E-state index contributed by atoms with van der Waals surface area (Å²) in [5, 5.41) is 4.48. The number of piperazine rings is 1. The Morgan fingerprint density at radius 3 is 2.38 bits per heavy atom. The van der Waals surface area contributed by atoms with E-state index >= 15 is 0 Å². The minimum atomic E-state index is -0.750. The van der Waals surface area contributed by atoms with Gasteiger partial charge in [0.15, 0.2) is 0 Å². The average Bonchev–Trinajstić information content (AvgIpc) is 3.49. The van der Waals surface area contributed by atoms with Crippen LogP contribution in [0, 0.1) is 0 Å². The van der Waals surface area contributed by atoms with Crippen molar-refractivity contribution >= 4 is 51.2 Å². The van der Waals surface area contributed by atoms with E-state index < -0.39 is 6.04 Å². The van der Waals surface area contributed by atoms with Gasteiger partial charge >= 0.3 is 11.7 Å². The minimum absolute atomic E-state index is 0.0684. The van der Waals surface area contributed by atoms with Gasteiger partial charge in [0.2, 0.25) is 5.91 Å².